The van der Waals surface area contributed by atoms with E-state index in [1.165, 1.54) is 25.5 Å². The Hall–Kier alpha value is -1.25. The number of halogens is 1. The summed E-state index contributed by atoms with van der Waals surface area (Å²) in [5.41, 5.74) is 9.90. The van der Waals surface area contributed by atoms with Gasteiger partial charge in [0.25, 0.3) is 0 Å². The molecular formula is C32H39FGeNOZr. The Morgan fingerprint density at radius 3 is 1.73 bits per heavy atom. The van der Waals surface area contributed by atoms with Crippen molar-refractivity contribution in [2.75, 3.05) is 0 Å². The summed E-state index contributed by atoms with van der Waals surface area (Å²) in [6, 6.07) is 21.5. The molecule has 4 bridgehead atoms. The van der Waals surface area contributed by atoms with Crippen LogP contribution in [-0.2, 0) is 31.0 Å². The van der Waals surface area contributed by atoms with Crippen molar-refractivity contribution >= 4 is 30.1 Å². The first kappa shape index (κ1) is 30.3. The standard InChI is InChI=1S/C12H11Ge.C11H16FNO.C9H13.Zr/c1-3-7-11(8-4-1)13-12-9-5-2-6-10-12;12-11-4-7-1-8(5-11)3-10(2-7,6-11)9(13)14;1-6-5-7(2)9(4)8(6)3;/h1-10,13H;7-8H,1-6H2,(H2,13,14);6H,1-4H3;/q;;-1;+2/p-1. The van der Waals surface area contributed by atoms with Gasteiger partial charge >= 0.3 is 111 Å². The molecule has 2 nitrogen and oxygen atoms in total. The molecule has 5 aliphatic carbocycles. The summed E-state index contributed by atoms with van der Waals surface area (Å²) < 4.78 is 17.3. The molecule has 0 aliphatic heterocycles. The average molecular weight is 637 g/mol. The fraction of sp³-hybridized carbons (Fsp3) is 0.469. The quantitative estimate of drug-likeness (QED) is 0.274. The van der Waals surface area contributed by atoms with E-state index in [-0.39, 0.29) is 26.2 Å². The maximum atomic E-state index is 14.3. The topological polar surface area (TPSA) is 40.9 Å². The van der Waals surface area contributed by atoms with E-state index in [4.69, 9.17) is 5.73 Å². The third-order valence-electron chi connectivity index (χ3n) is 8.64. The van der Waals surface area contributed by atoms with Gasteiger partial charge in [-0.3, -0.25) is 6.08 Å². The van der Waals surface area contributed by atoms with Crippen molar-refractivity contribution in [1.29, 1.82) is 0 Å². The molecular weight excluding hydrogens is 597 g/mol. The van der Waals surface area contributed by atoms with Gasteiger partial charge in [-0.15, -0.1) is 6.92 Å². The van der Waals surface area contributed by atoms with Crippen molar-refractivity contribution in [2.24, 2.45) is 23.2 Å². The number of carbonyl (C=O) groups excluding carboxylic acids is 1. The van der Waals surface area contributed by atoms with Crippen LogP contribution in [0.2, 0.25) is 0 Å². The second-order valence-electron chi connectivity index (χ2n) is 11.5. The molecule has 2 aromatic rings. The van der Waals surface area contributed by atoms with Crippen LogP contribution in [0.1, 0.15) is 66.2 Å². The predicted octanol–water partition coefficient (Wildman–Crippen LogP) is 6.67. The van der Waals surface area contributed by atoms with Gasteiger partial charge in [0.1, 0.15) is 5.67 Å². The van der Waals surface area contributed by atoms with Gasteiger partial charge in [0.05, 0.1) is 5.91 Å². The molecule has 3 unspecified atom stereocenters. The molecule has 193 valence electrons. The Morgan fingerprint density at radius 2 is 1.41 bits per heavy atom. The van der Waals surface area contributed by atoms with Gasteiger partial charge < -0.3 is 10.5 Å². The Balaban J connectivity index is 0.000000156. The predicted molar refractivity (Wildman–Crippen MR) is 150 cm³/mol. The first-order valence-electron chi connectivity index (χ1n) is 13.3. The molecule has 2 aromatic carbocycles. The Morgan fingerprint density at radius 1 is 0.919 bits per heavy atom. The van der Waals surface area contributed by atoms with Crippen LogP contribution in [-0.4, -0.2) is 27.0 Å². The first-order chi connectivity index (χ1) is 17.1. The van der Waals surface area contributed by atoms with Crippen LogP contribution in [0.15, 0.2) is 77.4 Å². The summed E-state index contributed by atoms with van der Waals surface area (Å²) in [5, 5.41) is 0. The van der Waals surface area contributed by atoms with Crippen molar-refractivity contribution in [3.63, 3.8) is 0 Å². The molecule has 4 fully saturated rings. The zero-order valence-corrected chi connectivity index (χ0v) is 27.5. The van der Waals surface area contributed by atoms with E-state index in [1.807, 2.05) is 0 Å². The first-order valence-corrected chi connectivity index (χ1v) is 15.7. The van der Waals surface area contributed by atoms with E-state index in [2.05, 4.69) is 94.4 Å². The molecule has 1 N–H and O–H groups in total. The maximum absolute atomic E-state index is 14.3. The van der Waals surface area contributed by atoms with Crippen molar-refractivity contribution in [2.45, 2.75) is 71.9 Å². The zero-order chi connectivity index (χ0) is 25.9. The molecule has 5 heteroatoms. The van der Waals surface area contributed by atoms with Gasteiger partial charge in [-0.2, -0.15) is 11.1 Å². The number of nitrogens with one attached hydrogen (secondary N) is 1. The van der Waals surface area contributed by atoms with Crippen LogP contribution in [0.4, 0.5) is 4.39 Å². The monoisotopic (exact) mass is 636 g/mol. The van der Waals surface area contributed by atoms with Gasteiger partial charge in [0.2, 0.25) is 0 Å². The summed E-state index contributed by atoms with van der Waals surface area (Å²) in [6.07, 6.45) is 7.68. The Labute approximate surface area is 248 Å². The summed E-state index contributed by atoms with van der Waals surface area (Å²) >= 11 is -0.392. The second kappa shape index (κ2) is 12.7. The van der Waals surface area contributed by atoms with Crippen molar-refractivity contribution in [3.05, 3.63) is 89.2 Å². The van der Waals surface area contributed by atoms with Crippen LogP contribution in [0, 0.1) is 29.2 Å². The molecule has 37 heavy (non-hydrogen) atoms. The molecule has 1 amide bonds. The number of benzene rings is 2. The fourth-order valence-corrected chi connectivity index (χ4v) is 9.42. The summed E-state index contributed by atoms with van der Waals surface area (Å²) in [7, 11) is 0. The average Bonchev–Trinajstić information content (AvgIpc) is 3.05. The molecule has 0 aromatic heterocycles. The number of alkyl halides is 1. The number of rotatable bonds is 3. The van der Waals surface area contributed by atoms with Gasteiger partial charge in [-0.1, -0.05) is 26.7 Å². The van der Waals surface area contributed by atoms with E-state index in [1.54, 1.807) is 0 Å². The minimum atomic E-state index is -1.10. The summed E-state index contributed by atoms with van der Waals surface area (Å²) in [4.78, 5) is 11.3. The Bertz CT molecular complexity index is 1080. The molecule has 5 aliphatic rings. The molecule has 1 radical (unpaired) electrons. The number of allylic oxidation sites excluding steroid dienone is 4. The third-order valence-corrected chi connectivity index (χ3v) is 11.7. The molecule has 0 spiro atoms. The van der Waals surface area contributed by atoms with Crippen LogP contribution in [0.5, 0.6) is 0 Å². The van der Waals surface area contributed by atoms with Crippen LogP contribution < -0.4 is 8.79 Å². The van der Waals surface area contributed by atoms with Gasteiger partial charge in [0.15, 0.2) is 0 Å². The number of amides is 1. The van der Waals surface area contributed by atoms with Crippen molar-refractivity contribution in [3.8, 4) is 0 Å². The third kappa shape index (κ3) is 7.44. The van der Waals surface area contributed by atoms with E-state index in [0.717, 1.165) is 19.3 Å². The van der Waals surface area contributed by atoms with Crippen LogP contribution in [0.3, 0.4) is 0 Å². The SMILES string of the molecule is CC1=[C-]C(C)C(C)=C1C.[NH-]C(=O)C12CC3CC(CC(F)(C3)C1)C2.[Zr+2].c1cc[c]([GeH][c]2ccccc2)cc1. The van der Waals surface area contributed by atoms with E-state index >= 15 is 0 Å². The van der Waals surface area contributed by atoms with E-state index < -0.39 is 32.4 Å². The fourth-order valence-electron chi connectivity index (χ4n) is 6.87. The van der Waals surface area contributed by atoms with E-state index in [9.17, 15) is 9.18 Å². The molecule has 7 rings (SSSR count). The number of carbonyl (C=O) groups is 1. The van der Waals surface area contributed by atoms with Crippen molar-refractivity contribution < 1.29 is 35.4 Å². The van der Waals surface area contributed by atoms with Crippen LogP contribution in [0.25, 0.3) is 5.73 Å². The van der Waals surface area contributed by atoms with Crippen LogP contribution >= 0.6 is 0 Å². The normalized spacial score (nSPS) is 30.8. The zero-order valence-electron chi connectivity index (χ0n) is 22.6. The minimum absolute atomic E-state index is 0. The molecule has 3 atom stereocenters. The van der Waals surface area contributed by atoms with Crippen molar-refractivity contribution in [1.82, 2.24) is 0 Å². The van der Waals surface area contributed by atoms with Gasteiger partial charge in [-0.05, 0) is 50.4 Å². The summed E-state index contributed by atoms with van der Waals surface area (Å²) in [5.74, 6) is 0.824. The number of hydrogen-bond donors (Lipinski definition) is 0. The van der Waals surface area contributed by atoms with Gasteiger partial charge in [-0.25, -0.2) is 9.96 Å². The van der Waals surface area contributed by atoms with Gasteiger partial charge in [0, 0.05) is 5.41 Å². The second-order valence-corrected chi connectivity index (χ2v) is 14.9. The molecule has 0 saturated heterocycles. The van der Waals surface area contributed by atoms with E-state index in [0.29, 0.717) is 37.0 Å². The summed E-state index contributed by atoms with van der Waals surface area (Å²) in [6.45, 7) is 8.67. The molecule has 0 heterocycles. The number of hydrogen-bond acceptors (Lipinski definition) is 1. The Kier molecular flexibility index (Phi) is 10.4. The molecule has 4 saturated carbocycles.